The van der Waals surface area contributed by atoms with Crippen LogP contribution in [0.5, 0.6) is 11.5 Å². The van der Waals surface area contributed by atoms with E-state index in [0.717, 1.165) is 33.5 Å². The van der Waals surface area contributed by atoms with Gasteiger partial charge in [0.25, 0.3) is 0 Å². The largest absolute Gasteiger partial charge is 0.454 e. The molecule has 140 valence electrons. The van der Waals surface area contributed by atoms with Gasteiger partial charge in [-0.1, -0.05) is 44.2 Å². The summed E-state index contributed by atoms with van der Waals surface area (Å²) in [4.78, 5) is 16.0. The van der Waals surface area contributed by atoms with Crippen LogP contribution >= 0.6 is 0 Å². The van der Waals surface area contributed by atoms with Crippen LogP contribution in [0.25, 0.3) is 10.9 Å². The minimum absolute atomic E-state index is 0.0375. The Kier molecular flexibility index (Phi) is 4.75. The predicted octanol–water partition coefficient (Wildman–Crippen LogP) is 4.19. The van der Waals surface area contributed by atoms with Gasteiger partial charge in [-0.05, 0) is 23.6 Å². The van der Waals surface area contributed by atoms with Gasteiger partial charge in [0.15, 0.2) is 11.5 Å². The molecule has 0 spiro atoms. The predicted molar refractivity (Wildman–Crippen MR) is 105 cm³/mol. The van der Waals surface area contributed by atoms with E-state index in [1.54, 1.807) is 0 Å². The highest BCUT2D eigenvalue weighted by Gasteiger charge is 2.28. The molecule has 1 aromatic heterocycles. The van der Waals surface area contributed by atoms with Gasteiger partial charge in [0.2, 0.25) is 12.7 Å². The van der Waals surface area contributed by atoms with Crippen molar-refractivity contribution in [3.63, 3.8) is 0 Å². The number of rotatable bonds is 6. The number of ether oxygens (including phenoxy) is 2. The van der Waals surface area contributed by atoms with Crippen LogP contribution in [0, 0.1) is 5.92 Å². The van der Waals surface area contributed by atoms with Crippen molar-refractivity contribution in [1.29, 1.82) is 0 Å². The van der Waals surface area contributed by atoms with Crippen molar-refractivity contribution in [2.45, 2.75) is 26.2 Å². The summed E-state index contributed by atoms with van der Waals surface area (Å²) in [6, 6.07) is 14.0. The highest BCUT2D eigenvalue weighted by Crippen LogP contribution is 2.43. The molecular formula is C22H24N2O3. The smallest absolute Gasteiger partial charge is 0.231 e. The molecule has 5 nitrogen and oxygen atoms in total. The zero-order valence-corrected chi connectivity index (χ0v) is 15.6. The molecule has 2 N–H and O–H groups in total. The number of carbonyl (C=O) groups is 1. The Balaban J connectivity index is 1.74. The minimum atomic E-state index is -0.120. The second kappa shape index (κ2) is 7.35. The lowest BCUT2D eigenvalue weighted by atomic mass is 9.87. The standard InChI is InChI=1S/C22H24N2O3/c1-14(2)11-24-21(25)10-17(16-7-5-9-20-22(16)27-13-26-20)18-12-23-19-8-4-3-6-15(18)19/h3-9,12,14,17,23H,10-11,13H2,1-2H3,(H,24,25). The second-order valence-corrected chi connectivity index (χ2v) is 7.33. The number of aromatic amines is 1. The average molecular weight is 364 g/mol. The lowest BCUT2D eigenvalue weighted by Gasteiger charge is -2.19. The average Bonchev–Trinajstić information content (AvgIpc) is 3.31. The van der Waals surface area contributed by atoms with E-state index in [9.17, 15) is 4.79 Å². The molecule has 1 aliphatic heterocycles. The molecule has 1 aliphatic rings. The molecule has 27 heavy (non-hydrogen) atoms. The van der Waals surface area contributed by atoms with Crippen molar-refractivity contribution in [3.05, 3.63) is 59.8 Å². The summed E-state index contributed by atoms with van der Waals surface area (Å²) in [5.41, 5.74) is 3.13. The third-order valence-corrected chi connectivity index (χ3v) is 4.90. The molecule has 0 saturated carbocycles. The van der Waals surface area contributed by atoms with Gasteiger partial charge in [-0.2, -0.15) is 0 Å². The van der Waals surface area contributed by atoms with Gasteiger partial charge in [0.1, 0.15) is 0 Å². The molecular weight excluding hydrogens is 340 g/mol. The van der Waals surface area contributed by atoms with Crippen molar-refractivity contribution >= 4 is 16.8 Å². The first-order chi connectivity index (χ1) is 13.1. The van der Waals surface area contributed by atoms with Crippen LogP contribution in [0.3, 0.4) is 0 Å². The van der Waals surface area contributed by atoms with E-state index in [1.807, 2.05) is 42.6 Å². The Labute approximate surface area is 158 Å². The highest BCUT2D eigenvalue weighted by molar-refractivity contribution is 5.86. The van der Waals surface area contributed by atoms with Crippen molar-refractivity contribution in [1.82, 2.24) is 10.3 Å². The fourth-order valence-corrected chi connectivity index (χ4v) is 3.57. The number of benzene rings is 2. The maximum atomic E-state index is 12.7. The first kappa shape index (κ1) is 17.5. The number of amides is 1. The number of hydrogen-bond acceptors (Lipinski definition) is 3. The van der Waals surface area contributed by atoms with Gasteiger partial charge in [-0.3, -0.25) is 4.79 Å². The van der Waals surface area contributed by atoms with Crippen LogP contribution in [-0.2, 0) is 4.79 Å². The molecule has 2 aromatic carbocycles. The number of fused-ring (bicyclic) bond motifs is 2. The molecule has 3 aromatic rings. The zero-order valence-electron chi connectivity index (χ0n) is 15.6. The molecule has 0 bridgehead atoms. The molecule has 1 atom stereocenters. The summed E-state index contributed by atoms with van der Waals surface area (Å²) in [7, 11) is 0. The number of carbonyl (C=O) groups excluding carboxylic acids is 1. The monoisotopic (exact) mass is 364 g/mol. The summed E-state index contributed by atoms with van der Waals surface area (Å²) >= 11 is 0. The summed E-state index contributed by atoms with van der Waals surface area (Å²) < 4.78 is 11.3. The summed E-state index contributed by atoms with van der Waals surface area (Å²) in [6.45, 7) is 5.07. The van der Waals surface area contributed by atoms with Crippen LogP contribution in [0.15, 0.2) is 48.7 Å². The molecule has 1 amide bonds. The highest BCUT2D eigenvalue weighted by atomic mass is 16.7. The number of H-pyrrole nitrogens is 1. The van der Waals surface area contributed by atoms with E-state index < -0.39 is 0 Å². The maximum Gasteiger partial charge on any atom is 0.231 e. The van der Waals surface area contributed by atoms with Gasteiger partial charge in [0.05, 0.1) is 0 Å². The molecule has 2 heterocycles. The van der Waals surface area contributed by atoms with Crippen molar-refractivity contribution in [2.24, 2.45) is 5.92 Å². The second-order valence-electron chi connectivity index (χ2n) is 7.33. The molecule has 5 heteroatoms. The molecule has 0 fully saturated rings. The molecule has 0 saturated heterocycles. The molecule has 4 rings (SSSR count). The van der Waals surface area contributed by atoms with E-state index in [0.29, 0.717) is 18.9 Å². The van der Waals surface area contributed by atoms with Crippen LogP contribution in [0.2, 0.25) is 0 Å². The van der Waals surface area contributed by atoms with Gasteiger partial charge in [0, 0.05) is 41.5 Å². The first-order valence-corrected chi connectivity index (χ1v) is 9.34. The quantitative estimate of drug-likeness (QED) is 0.689. The lowest BCUT2D eigenvalue weighted by Crippen LogP contribution is -2.28. The number of hydrogen-bond donors (Lipinski definition) is 2. The van der Waals surface area contributed by atoms with Crippen LogP contribution in [0.1, 0.15) is 37.3 Å². The van der Waals surface area contributed by atoms with Crippen molar-refractivity contribution in [2.75, 3.05) is 13.3 Å². The first-order valence-electron chi connectivity index (χ1n) is 9.34. The topological polar surface area (TPSA) is 63.4 Å². The van der Waals surface area contributed by atoms with E-state index in [-0.39, 0.29) is 18.6 Å². The Hall–Kier alpha value is -2.95. The maximum absolute atomic E-state index is 12.7. The van der Waals surface area contributed by atoms with Crippen molar-refractivity contribution in [3.8, 4) is 11.5 Å². The van der Waals surface area contributed by atoms with Crippen LogP contribution in [-0.4, -0.2) is 24.2 Å². The third kappa shape index (κ3) is 3.50. The Morgan fingerprint density at radius 1 is 1.11 bits per heavy atom. The SMILES string of the molecule is CC(C)CNC(=O)CC(c1cccc2c1OCO2)c1c[nH]c2ccccc12. The fourth-order valence-electron chi connectivity index (χ4n) is 3.57. The van der Waals surface area contributed by atoms with E-state index in [4.69, 9.17) is 9.47 Å². The number of para-hydroxylation sites is 2. The number of aromatic nitrogens is 1. The van der Waals surface area contributed by atoms with Gasteiger partial charge >= 0.3 is 0 Å². The summed E-state index contributed by atoms with van der Waals surface area (Å²) in [5, 5.41) is 4.16. The Morgan fingerprint density at radius 3 is 2.81 bits per heavy atom. The normalized spacial score (nSPS) is 13.9. The fraction of sp³-hybridized carbons (Fsp3) is 0.318. The van der Waals surface area contributed by atoms with Gasteiger partial charge in [-0.15, -0.1) is 0 Å². The Morgan fingerprint density at radius 2 is 1.96 bits per heavy atom. The Bertz CT molecular complexity index is 961. The van der Waals surface area contributed by atoms with Gasteiger partial charge < -0.3 is 19.8 Å². The minimum Gasteiger partial charge on any atom is -0.454 e. The molecule has 0 radical (unpaired) electrons. The van der Waals surface area contributed by atoms with Gasteiger partial charge in [-0.25, -0.2) is 0 Å². The van der Waals surface area contributed by atoms with E-state index in [2.05, 4.69) is 30.2 Å². The number of nitrogens with one attached hydrogen (secondary N) is 2. The van der Waals surface area contributed by atoms with Crippen LogP contribution < -0.4 is 14.8 Å². The molecule has 0 aliphatic carbocycles. The zero-order chi connectivity index (χ0) is 18.8. The summed E-state index contributed by atoms with van der Waals surface area (Å²) in [5.74, 6) is 1.81. The molecule has 1 unspecified atom stereocenters. The third-order valence-electron chi connectivity index (χ3n) is 4.90. The van der Waals surface area contributed by atoms with E-state index in [1.165, 1.54) is 0 Å². The van der Waals surface area contributed by atoms with Crippen molar-refractivity contribution < 1.29 is 14.3 Å². The van der Waals surface area contributed by atoms with E-state index >= 15 is 0 Å². The lowest BCUT2D eigenvalue weighted by molar-refractivity contribution is -0.121. The van der Waals surface area contributed by atoms with Crippen LogP contribution in [0.4, 0.5) is 0 Å². The summed E-state index contributed by atoms with van der Waals surface area (Å²) in [6.07, 6.45) is 2.36.